The second-order valence-corrected chi connectivity index (χ2v) is 15.4. The molecule has 0 aliphatic carbocycles. The van der Waals surface area contributed by atoms with Gasteiger partial charge in [0.2, 0.25) is 0 Å². The molecule has 1 atom stereocenters. The summed E-state index contributed by atoms with van der Waals surface area (Å²) < 4.78 is 11.2. The topological polar surface area (TPSA) is 18.5 Å². The number of rotatable bonds is 6. The van der Waals surface area contributed by atoms with Gasteiger partial charge in [-0.1, -0.05) is 19.6 Å². The van der Waals surface area contributed by atoms with Crippen LogP contribution in [0.25, 0.3) is 0 Å². The number of hydrogen-bond acceptors (Lipinski definition) is 3. The van der Waals surface area contributed by atoms with Crippen LogP contribution in [0.5, 0.6) is 0 Å². The van der Waals surface area contributed by atoms with Crippen LogP contribution in [0.2, 0.25) is 32.2 Å². The Morgan fingerprint density at radius 2 is 1.50 bits per heavy atom. The Labute approximate surface area is 95.0 Å². The molecule has 86 valence electrons. The minimum absolute atomic E-state index is 0.559. The summed E-state index contributed by atoms with van der Waals surface area (Å²) >= 11 is 1.90. The second-order valence-electron chi connectivity index (χ2n) is 4.91. The summed E-state index contributed by atoms with van der Waals surface area (Å²) in [4.78, 5) is 0.559. The van der Waals surface area contributed by atoms with Crippen molar-refractivity contribution in [3.05, 3.63) is 0 Å². The lowest BCUT2D eigenvalue weighted by atomic mass is 10.9. The van der Waals surface area contributed by atoms with Crippen LogP contribution in [-0.4, -0.2) is 42.0 Å². The molecule has 0 N–H and O–H groups in total. The van der Waals surface area contributed by atoms with Crippen molar-refractivity contribution in [2.24, 2.45) is 0 Å². The first-order valence-corrected chi connectivity index (χ1v) is 12.3. The molecule has 0 saturated heterocycles. The molecule has 2 nitrogen and oxygen atoms in total. The first-order valence-electron chi connectivity index (χ1n) is 4.92. The van der Waals surface area contributed by atoms with Crippen LogP contribution in [0.4, 0.5) is 0 Å². The van der Waals surface area contributed by atoms with E-state index in [0.29, 0.717) is 4.87 Å². The van der Waals surface area contributed by atoms with Gasteiger partial charge in [0.05, 0.1) is 0 Å². The van der Waals surface area contributed by atoms with Gasteiger partial charge >= 0.3 is 8.56 Å². The SMILES string of the molecule is CO[Si](C)(OC)C(C[Si](C)(C)C)SC. The maximum absolute atomic E-state index is 5.60. The minimum atomic E-state index is -1.94. The van der Waals surface area contributed by atoms with Gasteiger partial charge in [-0.25, -0.2) is 0 Å². The molecule has 0 aromatic rings. The lowest BCUT2D eigenvalue weighted by Crippen LogP contribution is -2.50. The zero-order valence-corrected chi connectivity index (χ0v) is 13.3. The molecule has 0 aromatic carbocycles. The van der Waals surface area contributed by atoms with Gasteiger partial charge in [0, 0.05) is 27.2 Å². The van der Waals surface area contributed by atoms with Crippen molar-refractivity contribution in [1.82, 2.24) is 0 Å². The normalized spacial score (nSPS) is 15.6. The third-order valence-corrected chi connectivity index (χ3v) is 10.5. The second kappa shape index (κ2) is 5.70. The van der Waals surface area contributed by atoms with Gasteiger partial charge in [0.1, 0.15) is 0 Å². The average molecular weight is 253 g/mol. The van der Waals surface area contributed by atoms with Crippen molar-refractivity contribution in [1.29, 1.82) is 0 Å². The maximum Gasteiger partial charge on any atom is 0.347 e. The van der Waals surface area contributed by atoms with Crippen LogP contribution in [-0.2, 0) is 8.85 Å². The minimum Gasteiger partial charge on any atom is -0.397 e. The van der Waals surface area contributed by atoms with Crippen LogP contribution < -0.4 is 0 Å². The van der Waals surface area contributed by atoms with Gasteiger partial charge in [-0.05, 0) is 18.8 Å². The van der Waals surface area contributed by atoms with Crippen molar-refractivity contribution >= 4 is 28.4 Å². The van der Waals surface area contributed by atoms with Crippen LogP contribution in [0.1, 0.15) is 0 Å². The lowest BCUT2D eigenvalue weighted by Gasteiger charge is -2.34. The molecule has 0 rings (SSSR count). The summed E-state index contributed by atoms with van der Waals surface area (Å²) in [5.74, 6) is 0. The summed E-state index contributed by atoms with van der Waals surface area (Å²) in [5, 5.41) is 0. The van der Waals surface area contributed by atoms with Crippen LogP contribution in [0.3, 0.4) is 0 Å². The van der Waals surface area contributed by atoms with E-state index in [1.807, 2.05) is 11.8 Å². The Morgan fingerprint density at radius 3 is 1.71 bits per heavy atom. The fraction of sp³-hybridized carbons (Fsp3) is 1.00. The van der Waals surface area contributed by atoms with Crippen molar-refractivity contribution < 1.29 is 8.85 Å². The van der Waals surface area contributed by atoms with Crippen molar-refractivity contribution in [3.63, 3.8) is 0 Å². The highest BCUT2D eigenvalue weighted by Crippen LogP contribution is 2.29. The molecule has 0 aliphatic rings. The molecule has 0 amide bonds. The van der Waals surface area contributed by atoms with E-state index in [2.05, 4.69) is 32.4 Å². The molecule has 0 fully saturated rings. The highest BCUT2D eigenvalue weighted by Gasteiger charge is 2.41. The van der Waals surface area contributed by atoms with Crippen molar-refractivity contribution in [3.8, 4) is 0 Å². The Balaban J connectivity index is 4.53. The van der Waals surface area contributed by atoms with Gasteiger partial charge in [-0.15, -0.1) is 0 Å². The van der Waals surface area contributed by atoms with Gasteiger partial charge in [-0.3, -0.25) is 0 Å². The summed E-state index contributed by atoms with van der Waals surface area (Å²) in [7, 11) is 0.593. The van der Waals surface area contributed by atoms with Gasteiger partial charge in [0.25, 0.3) is 0 Å². The van der Waals surface area contributed by atoms with Crippen molar-refractivity contribution in [2.75, 3.05) is 20.5 Å². The van der Waals surface area contributed by atoms with E-state index < -0.39 is 16.6 Å². The molecule has 0 spiro atoms. The summed E-state index contributed by atoms with van der Waals surface area (Å²) in [6.45, 7) is 9.36. The van der Waals surface area contributed by atoms with Crippen LogP contribution in [0.15, 0.2) is 0 Å². The quantitative estimate of drug-likeness (QED) is 0.677. The Kier molecular flexibility index (Phi) is 5.98. The zero-order chi connectivity index (χ0) is 11.4. The standard InChI is InChI=1S/C9H24O2SSi2/c1-10-14(7,11-2)9(12-3)8-13(4,5)6/h9H,8H2,1-7H3. The highest BCUT2D eigenvalue weighted by molar-refractivity contribution is 8.00. The molecule has 14 heavy (non-hydrogen) atoms. The monoisotopic (exact) mass is 252 g/mol. The van der Waals surface area contributed by atoms with E-state index in [0.717, 1.165) is 0 Å². The molecule has 0 heterocycles. The van der Waals surface area contributed by atoms with Gasteiger partial charge < -0.3 is 8.85 Å². The molecule has 1 unspecified atom stereocenters. The first kappa shape index (κ1) is 14.7. The fourth-order valence-corrected chi connectivity index (χ4v) is 11.0. The predicted octanol–water partition coefficient (Wildman–Crippen LogP) is 2.96. The smallest absolute Gasteiger partial charge is 0.347 e. The average Bonchev–Trinajstić information content (AvgIpc) is 2.11. The molecule has 0 bridgehead atoms. The third-order valence-electron chi connectivity index (χ3n) is 2.48. The zero-order valence-electron chi connectivity index (χ0n) is 10.5. The highest BCUT2D eigenvalue weighted by atomic mass is 32.2. The number of thioether (sulfide) groups is 1. The third kappa shape index (κ3) is 4.48. The largest absolute Gasteiger partial charge is 0.397 e. The molecular weight excluding hydrogens is 228 g/mol. The lowest BCUT2D eigenvalue weighted by molar-refractivity contribution is 0.249. The predicted molar refractivity (Wildman–Crippen MR) is 71.1 cm³/mol. The maximum atomic E-state index is 5.60. The van der Waals surface area contributed by atoms with Gasteiger partial charge in [-0.2, -0.15) is 11.8 Å². The molecule has 0 radical (unpaired) electrons. The molecule has 5 heteroatoms. The summed E-state index contributed by atoms with van der Waals surface area (Å²) in [6.07, 6.45) is 2.16. The molecule has 0 aromatic heterocycles. The molecule has 0 aliphatic heterocycles. The van der Waals surface area contributed by atoms with Crippen LogP contribution >= 0.6 is 11.8 Å². The summed E-state index contributed by atoms with van der Waals surface area (Å²) in [5.41, 5.74) is 0. The van der Waals surface area contributed by atoms with Crippen LogP contribution in [0, 0.1) is 0 Å². The Bertz CT molecular complexity index is 167. The van der Waals surface area contributed by atoms with E-state index in [9.17, 15) is 0 Å². The van der Waals surface area contributed by atoms with E-state index in [1.54, 1.807) is 14.2 Å². The molecule has 0 saturated carbocycles. The van der Waals surface area contributed by atoms with E-state index in [1.165, 1.54) is 6.04 Å². The van der Waals surface area contributed by atoms with E-state index >= 15 is 0 Å². The summed E-state index contributed by atoms with van der Waals surface area (Å²) in [6, 6.07) is 1.28. The fourth-order valence-electron chi connectivity index (χ4n) is 1.39. The van der Waals surface area contributed by atoms with Gasteiger partial charge in [0.15, 0.2) is 0 Å². The Morgan fingerprint density at radius 1 is 1.07 bits per heavy atom. The van der Waals surface area contributed by atoms with E-state index in [-0.39, 0.29) is 0 Å². The number of hydrogen-bond donors (Lipinski definition) is 0. The van der Waals surface area contributed by atoms with Crippen molar-refractivity contribution in [2.45, 2.75) is 37.1 Å². The van der Waals surface area contributed by atoms with E-state index in [4.69, 9.17) is 8.85 Å². The Hall–Kier alpha value is 0.704. The first-order chi connectivity index (χ1) is 6.29. The molecular formula is C9H24O2SSi2.